The van der Waals surface area contributed by atoms with Gasteiger partial charge in [0.1, 0.15) is 0 Å². The van der Waals surface area contributed by atoms with Gasteiger partial charge in [-0.05, 0) is 48.9 Å². The number of rotatable bonds is 5. The van der Waals surface area contributed by atoms with Crippen LogP contribution in [0.3, 0.4) is 0 Å². The molecule has 0 radical (unpaired) electrons. The Labute approximate surface area is 161 Å². The van der Waals surface area contributed by atoms with Crippen LogP contribution in [0.25, 0.3) is 0 Å². The van der Waals surface area contributed by atoms with Gasteiger partial charge in [0, 0.05) is 25.2 Å². The zero-order chi connectivity index (χ0) is 19.4. The van der Waals surface area contributed by atoms with Crippen molar-refractivity contribution in [1.82, 2.24) is 9.62 Å². The normalized spacial score (nSPS) is 15.7. The second kappa shape index (κ2) is 8.23. The van der Waals surface area contributed by atoms with E-state index in [1.54, 1.807) is 19.1 Å². The van der Waals surface area contributed by atoms with Crippen molar-refractivity contribution in [2.24, 2.45) is 5.92 Å². The number of amides is 1. The first-order valence-electron chi connectivity index (χ1n) is 9.30. The second-order valence-electron chi connectivity index (χ2n) is 7.27. The topological polar surface area (TPSA) is 66.5 Å². The smallest absolute Gasteiger partial charge is 0.253 e. The van der Waals surface area contributed by atoms with Gasteiger partial charge >= 0.3 is 0 Å². The molecule has 0 bridgehead atoms. The lowest BCUT2D eigenvalue weighted by atomic mass is 9.98. The van der Waals surface area contributed by atoms with E-state index in [0.717, 1.165) is 31.5 Å². The molecule has 0 aromatic heterocycles. The third kappa shape index (κ3) is 4.76. The lowest BCUT2D eigenvalue weighted by molar-refractivity contribution is 0.0697. The van der Waals surface area contributed by atoms with Crippen molar-refractivity contribution in [3.63, 3.8) is 0 Å². The molecule has 1 amide bonds. The highest BCUT2D eigenvalue weighted by Crippen LogP contribution is 2.22. The highest BCUT2D eigenvalue weighted by Gasteiger charge is 2.24. The minimum atomic E-state index is -3.71. The molecule has 2 aromatic carbocycles. The summed E-state index contributed by atoms with van der Waals surface area (Å²) < 4.78 is 28.2. The first kappa shape index (κ1) is 19.6. The van der Waals surface area contributed by atoms with Gasteiger partial charge < -0.3 is 4.90 Å². The van der Waals surface area contributed by atoms with Gasteiger partial charge in [0.15, 0.2) is 0 Å². The van der Waals surface area contributed by atoms with Gasteiger partial charge in [0.2, 0.25) is 10.0 Å². The number of carbonyl (C=O) groups excluding carboxylic acids is 1. The van der Waals surface area contributed by atoms with Gasteiger partial charge in [0.25, 0.3) is 5.91 Å². The maximum atomic E-state index is 12.8. The van der Waals surface area contributed by atoms with E-state index in [0.29, 0.717) is 17.0 Å². The van der Waals surface area contributed by atoms with Crippen LogP contribution in [0.1, 0.15) is 41.3 Å². The number of nitrogens with one attached hydrogen (secondary N) is 1. The molecule has 2 aromatic rings. The van der Waals surface area contributed by atoms with Crippen LogP contribution >= 0.6 is 0 Å². The zero-order valence-electron chi connectivity index (χ0n) is 15.8. The molecule has 3 rings (SSSR count). The summed E-state index contributed by atoms with van der Waals surface area (Å²) in [6.07, 6.45) is 1.97. The van der Waals surface area contributed by atoms with Crippen molar-refractivity contribution in [2.75, 3.05) is 13.1 Å². The monoisotopic (exact) mass is 386 g/mol. The second-order valence-corrected chi connectivity index (χ2v) is 9.00. The number of hydrogen-bond acceptors (Lipinski definition) is 3. The summed E-state index contributed by atoms with van der Waals surface area (Å²) in [5, 5.41) is 0. The van der Waals surface area contributed by atoms with Crippen LogP contribution in [0.4, 0.5) is 0 Å². The Hall–Kier alpha value is -2.18. The van der Waals surface area contributed by atoms with Gasteiger partial charge in [-0.2, -0.15) is 0 Å². The summed E-state index contributed by atoms with van der Waals surface area (Å²) in [5.41, 5.74) is 1.93. The Balaban J connectivity index is 1.79. The van der Waals surface area contributed by atoms with E-state index in [4.69, 9.17) is 0 Å². The molecule has 1 fully saturated rings. The summed E-state index contributed by atoms with van der Waals surface area (Å²) in [6, 6.07) is 14.3. The van der Waals surface area contributed by atoms with E-state index < -0.39 is 10.0 Å². The van der Waals surface area contributed by atoms with Crippen LogP contribution < -0.4 is 4.72 Å². The van der Waals surface area contributed by atoms with Crippen LogP contribution in [-0.2, 0) is 16.6 Å². The summed E-state index contributed by atoms with van der Waals surface area (Å²) in [7, 11) is -3.71. The molecule has 1 N–H and O–H groups in total. The van der Waals surface area contributed by atoms with Crippen LogP contribution in [-0.4, -0.2) is 32.3 Å². The Bertz CT molecular complexity index is 902. The molecule has 6 heteroatoms. The molecule has 1 saturated heterocycles. The Morgan fingerprint density at radius 1 is 1.11 bits per heavy atom. The molecule has 0 atom stereocenters. The van der Waals surface area contributed by atoms with E-state index in [1.807, 2.05) is 35.2 Å². The lowest BCUT2D eigenvalue weighted by Gasteiger charge is -2.30. The van der Waals surface area contributed by atoms with Crippen LogP contribution in [0, 0.1) is 12.8 Å². The molecule has 0 spiro atoms. The van der Waals surface area contributed by atoms with E-state index in [9.17, 15) is 13.2 Å². The molecular formula is C21H26N2O3S. The Morgan fingerprint density at radius 2 is 1.78 bits per heavy atom. The minimum absolute atomic E-state index is 0.0959. The summed E-state index contributed by atoms with van der Waals surface area (Å²) in [6.45, 7) is 5.60. The van der Waals surface area contributed by atoms with Crippen LogP contribution in [0.5, 0.6) is 0 Å². The van der Waals surface area contributed by atoms with Gasteiger partial charge in [-0.3, -0.25) is 4.79 Å². The average Bonchev–Trinajstić information content (AvgIpc) is 2.67. The van der Waals surface area contributed by atoms with Gasteiger partial charge in [0.05, 0.1) is 4.90 Å². The number of carbonyl (C=O) groups is 1. The van der Waals surface area contributed by atoms with Crippen molar-refractivity contribution in [3.8, 4) is 0 Å². The molecule has 144 valence electrons. The number of hydrogen-bond donors (Lipinski definition) is 1. The van der Waals surface area contributed by atoms with E-state index >= 15 is 0 Å². The van der Waals surface area contributed by atoms with E-state index in [-0.39, 0.29) is 17.3 Å². The third-order valence-electron chi connectivity index (χ3n) is 5.10. The highest BCUT2D eigenvalue weighted by molar-refractivity contribution is 7.89. The van der Waals surface area contributed by atoms with E-state index in [1.165, 1.54) is 6.07 Å². The van der Waals surface area contributed by atoms with Crippen molar-refractivity contribution in [1.29, 1.82) is 0 Å². The highest BCUT2D eigenvalue weighted by atomic mass is 32.2. The maximum absolute atomic E-state index is 12.8. The Kier molecular flexibility index (Phi) is 5.97. The average molecular weight is 387 g/mol. The molecule has 1 aliphatic rings. The lowest BCUT2D eigenvalue weighted by Crippen LogP contribution is -2.38. The van der Waals surface area contributed by atoms with E-state index in [2.05, 4.69) is 11.6 Å². The third-order valence-corrected chi connectivity index (χ3v) is 6.65. The maximum Gasteiger partial charge on any atom is 0.253 e. The van der Waals surface area contributed by atoms with Crippen molar-refractivity contribution >= 4 is 15.9 Å². The Morgan fingerprint density at radius 3 is 2.44 bits per heavy atom. The number of sulfonamides is 1. The predicted octanol–water partition coefficient (Wildman–Crippen LogP) is 3.35. The first-order chi connectivity index (χ1) is 12.9. The van der Waals surface area contributed by atoms with Crippen LogP contribution in [0.15, 0.2) is 53.4 Å². The SMILES string of the molecule is Cc1ccc(C(=O)N2CCC(C)CC2)cc1S(=O)(=O)NCc1ccccc1. The van der Waals surface area contributed by atoms with Crippen molar-refractivity contribution < 1.29 is 13.2 Å². The van der Waals surface area contributed by atoms with Gasteiger partial charge in [-0.15, -0.1) is 0 Å². The molecule has 5 nitrogen and oxygen atoms in total. The molecule has 1 aliphatic heterocycles. The van der Waals surface area contributed by atoms with Crippen molar-refractivity contribution in [2.45, 2.75) is 38.1 Å². The fourth-order valence-electron chi connectivity index (χ4n) is 3.27. The van der Waals surface area contributed by atoms with Crippen molar-refractivity contribution in [3.05, 3.63) is 65.2 Å². The fraction of sp³-hybridized carbons (Fsp3) is 0.381. The molecule has 0 saturated carbocycles. The van der Waals surface area contributed by atoms with Gasteiger partial charge in [-0.1, -0.05) is 43.3 Å². The number of aryl methyl sites for hydroxylation is 1. The number of benzene rings is 2. The molecule has 27 heavy (non-hydrogen) atoms. The number of nitrogens with zero attached hydrogens (tertiary/aromatic N) is 1. The predicted molar refractivity (Wildman–Crippen MR) is 106 cm³/mol. The van der Waals surface area contributed by atoms with Gasteiger partial charge in [-0.25, -0.2) is 13.1 Å². The summed E-state index contributed by atoms with van der Waals surface area (Å²) in [5.74, 6) is 0.534. The zero-order valence-corrected chi connectivity index (χ0v) is 16.6. The molecular weight excluding hydrogens is 360 g/mol. The number of likely N-dealkylation sites (tertiary alicyclic amines) is 1. The molecule has 1 heterocycles. The standard InChI is InChI=1S/C21H26N2O3S/c1-16-10-12-23(13-11-16)21(24)19-9-8-17(2)20(14-19)27(25,26)22-15-18-6-4-3-5-7-18/h3-9,14,16,22H,10-13,15H2,1-2H3. The summed E-state index contributed by atoms with van der Waals surface area (Å²) >= 11 is 0. The quantitative estimate of drug-likeness (QED) is 0.857. The van der Waals surface area contributed by atoms with Crippen LogP contribution in [0.2, 0.25) is 0 Å². The summed E-state index contributed by atoms with van der Waals surface area (Å²) in [4.78, 5) is 14.8. The minimum Gasteiger partial charge on any atom is -0.339 e. The fourth-order valence-corrected chi connectivity index (χ4v) is 4.56. The first-order valence-corrected chi connectivity index (χ1v) is 10.8. The molecule has 0 unspecified atom stereocenters. The number of piperidine rings is 1. The largest absolute Gasteiger partial charge is 0.339 e. The molecule has 0 aliphatic carbocycles.